The zero-order chi connectivity index (χ0) is 12.5. The highest BCUT2D eigenvalue weighted by Crippen LogP contribution is 2.21. The smallest absolute Gasteiger partial charge is 0.240 e. The molecule has 1 aliphatic rings. The number of aromatic nitrogens is 3. The zero-order valence-corrected chi connectivity index (χ0v) is 10.6. The molecule has 2 aromatic heterocycles. The van der Waals surface area contributed by atoms with Crippen molar-refractivity contribution in [2.24, 2.45) is 0 Å². The normalized spacial score (nSPS) is 17.1. The van der Waals surface area contributed by atoms with Crippen molar-refractivity contribution in [1.82, 2.24) is 19.9 Å². The van der Waals surface area contributed by atoms with Crippen LogP contribution in [0.2, 0.25) is 0 Å². The van der Waals surface area contributed by atoms with Gasteiger partial charge in [0.1, 0.15) is 0 Å². The maximum absolute atomic E-state index is 5.65. The Bertz CT molecular complexity index is 553. The van der Waals surface area contributed by atoms with Gasteiger partial charge in [0.05, 0.1) is 11.4 Å². The van der Waals surface area contributed by atoms with Crippen molar-refractivity contribution in [2.75, 3.05) is 36.8 Å². The summed E-state index contributed by atoms with van der Waals surface area (Å²) in [5.41, 5.74) is 8.77. The summed E-state index contributed by atoms with van der Waals surface area (Å²) in [4.78, 5) is 6.57. The van der Waals surface area contributed by atoms with Gasteiger partial charge in [0, 0.05) is 19.6 Å². The minimum Gasteiger partial charge on any atom is -0.369 e. The molecule has 96 valence electrons. The highest BCUT2D eigenvalue weighted by Gasteiger charge is 2.14. The summed E-state index contributed by atoms with van der Waals surface area (Å²) in [6, 6.07) is 4.09. The van der Waals surface area contributed by atoms with Crippen LogP contribution in [0.3, 0.4) is 0 Å². The lowest BCUT2D eigenvalue weighted by molar-refractivity contribution is 0.724. The number of nitrogens with zero attached hydrogens (tertiary/aromatic N) is 4. The Balaban J connectivity index is 2.02. The van der Waals surface area contributed by atoms with Crippen molar-refractivity contribution >= 4 is 17.3 Å². The predicted octanol–water partition coefficient (Wildman–Crippen LogP) is 0.420. The fourth-order valence-corrected chi connectivity index (χ4v) is 2.50. The number of fused-ring (bicyclic) bond motifs is 1. The second-order valence-electron chi connectivity index (χ2n) is 4.63. The highest BCUT2D eigenvalue weighted by atomic mass is 15.3. The molecule has 18 heavy (non-hydrogen) atoms. The van der Waals surface area contributed by atoms with Gasteiger partial charge in [0.2, 0.25) is 5.95 Å². The van der Waals surface area contributed by atoms with Crippen molar-refractivity contribution < 1.29 is 0 Å². The first-order valence-electron chi connectivity index (χ1n) is 6.33. The van der Waals surface area contributed by atoms with E-state index in [1.54, 1.807) is 0 Å². The molecule has 0 atom stereocenters. The van der Waals surface area contributed by atoms with Gasteiger partial charge in [-0.3, -0.25) is 0 Å². The van der Waals surface area contributed by atoms with E-state index < -0.39 is 0 Å². The molecule has 1 saturated heterocycles. The average Bonchev–Trinajstić information content (AvgIpc) is 2.59. The third-order valence-corrected chi connectivity index (χ3v) is 3.41. The van der Waals surface area contributed by atoms with Crippen LogP contribution in [-0.2, 0) is 0 Å². The first-order valence-corrected chi connectivity index (χ1v) is 6.33. The maximum Gasteiger partial charge on any atom is 0.240 e. The number of pyridine rings is 1. The Hall–Kier alpha value is -1.82. The molecule has 3 rings (SSSR count). The second kappa shape index (κ2) is 4.45. The summed E-state index contributed by atoms with van der Waals surface area (Å²) >= 11 is 0. The van der Waals surface area contributed by atoms with Crippen LogP contribution in [0, 0.1) is 6.92 Å². The van der Waals surface area contributed by atoms with Gasteiger partial charge in [-0.2, -0.15) is 4.98 Å². The molecule has 6 heteroatoms. The molecular weight excluding hydrogens is 228 g/mol. The fourth-order valence-electron chi connectivity index (χ4n) is 2.50. The monoisotopic (exact) mass is 246 g/mol. The van der Waals surface area contributed by atoms with Gasteiger partial charge in [0.25, 0.3) is 0 Å². The Morgan fingerprint density at radius 3 is 3.06 bits per heavy atom. The Labute approximate surface area is 106 Å². The van der Waals surface area contributed by atoms with Crippen LogP contribution >= 0.6 is 0 Å². The van der Waals surface area contributed by atoms with Gasteiger partial charge >= 0.3 is 0 Å². The molecule has 1 fully saturated rings. The van der Waals surface area contributed by atoms with E-state index in [0.29, 0.717) is 5.95 Å². The van der Waals surface area contributed by atoms with Gasteiger partial charge in [0.15, 0.2) is 5.65 Å². The lowest BCUT2D eigenvalue weighted by Gasteiger charge is -2.24. The number of anilines is 2. The van der Waals surface area contributed by atoms with E-state index in [9.17, 15) is 0 Å². The van der Waals surface area contributed by atoms with Crippen molar-refractivity contribution in [3.63, 3.8) is 0 Å². The van der Waals surface area contributed by atoms with E-state index in [0.717, 1.165) is 43.9 Å². The van der Waals surface area contributed by atoms with E-state index in [-0.39, 0.29) is 0 Å². The number of hydrogen-bond donors (Lipinski definition) is 2. The van der Waals surface area contributed by atoms with Crippen LogP contribution < -0.4 is 16.0 Å². The van der Waals surface area contributed by atoms with Gasteiger partial charge in [-0.1, -0.05) is 0 Å². The molecule has 1 aliphatic heterocycles. The molecule has 0 unspecified atom stereocenters. The summed E-state index contributed by atoms with van der Waals surface area (Å²) in [5, 5.41) is 7.64. The number of aryl methyl sites for hydroxylation is 1. The van der Waals surface area contributed by atoms with E-state index >= 15 is 0 Å². The average molecular weight is 246 g/mol. The third kappa shape index (κ3) is 1.88. The molecule has 0 amide bonds. The number of nitrogens with two attached hydrogens (primary N) is 1. The molecule has 0 saturated carbocycles. The molecule has 3 N–H and O–H groups in total. The molecule has 6 nitrogen and oxygen atoms in total. The molecular formula is C12H18N6. The SMILES string of the molecule is Cc1c(N2CCCNCC2)ccc2nc(N)nn12. The molecule has 2 aromatic rings. The van der Waals surface area contributed by atoms with Crippen molar-refractivity contribution in [3.05, 3.63) is 17.8 Å². The fraction of sp³-hybridized carbons (Fsp3) is 0.500. The summed E-state index contributed by atoms with van der Waals surface area (Å²) in [6.07, 6.45) is 1.16. The summed E-state index contributed by atoms with van der Waals surface area (Å²) in [7, 11) is 0. The zero-order valence-electron chi connectivity index (χ0n) is 10.6. The summed E-state index contributed by atoms with van der Waals surface area (Å²) in [6.45, 7) is 6.28. The van der Waals surface area contributed by atoms with Gasteiger partial charge < -0.3 is 16.0 Å². The van der Waals surface area contributed by atoms with E-state index in [2.05, 4.69) is 33.3 Å². The second-order valence-corrected chi connectivity index (χ2v) is 4.63. The van der Waals surface area contributed by atoms with Gasteiger partial charge in [-0.15, -0.1) is 5.10 Å². The van der Waals surface area contributed by atoms with E-state index in [1.807, 2.05) is 10.6 Å². The highest BCUT2D eigenvalue weighted by molar-refractivity contribution is 5.57. The number of rotatable bonds is 1. The first kappa shape index (κ1) is 11.3. The maximum atomic E-state index is 5.65. The van der Waals surface area contributed by atoms with Gasteiger partial charge in [-0.05, 0) is 32.0 Å². The Kier molecular flexibility index (Phi) is 2.79. The van der Waals surface area contributed by atoms with Crippen LogP contribution in [0.1, 0.15) is 12.1 Å². The molecule has 0 radical (unpaired) electrons. The molecule has 0 aromatic carbocycles. The van der Waals surface area contributed by atoms with Crippen LogP contribution in [0.5, 0.6) is 0 Å². The first-order chi connectivity index (χ1) is 8.75. The molecule has 0 spiro atoms. The van der Waals surface area contributed by atoms with Crippen LogP contribution in [-0.4, -0.2) is 40.8 Å². The molecule has 0 bridgehead atoms. The van der Waals surface area contributed by atoms with Crippen LogP contribution in [0.25, 0.3) is 5.65 Å². The lowest BCUT2D eigenvalue weighted by Crippen LogP contribution is -2.28. The van der Waals surface area contributed by atoms with E-state index in [1.165, 1.54) is 5.69 Å². The van der Waals surface area contributed by atoms with E-state index in [4.69, 9.17) is 5.73 Å². The van der Waals surface area contributed by atoms with Crippen LogP contribution in [0.15, 0.2) is 12.1 Å². The van der Waals surface area contributed by atoms with Crippen molar-refractivity contribution in [3.8, 4) is 0 Å². The lowest BCUT2D eigenvalue weighted by atomic mass is 10.2. The largest absolute Gasteiger partial charge is 0.369 e. The van der Waals surface area contributed by atoms with Gasteiger partial charge in [-0.25, -0.2) is 4.52 Å². The van der Waals surface area contributed by atoms with Crippen molar-refractivity contribution in [2.45, 2.75) is 13.3 Å². The third-order valence-electron chi connectivity index (χ3n) is 3.41. The summed E-state index contributed by atoms with van der Waals surface area (Å²) < 4.78 is 1.82. The minimum absolute atomic E-state index is 0.327. The number of hydrogen-bond acceptors (Lipinski definition) is 5. The quantitative estimate of drug-likeness (QED) is 0.763. The molecule has 0 aliphatic carbocycles. The number of nitrogens with one attached hydrogen (secondary N) is 1. The topological polar surface area (TPSA) is 71.5 Å². The minimum atomic E-state index is 0.327. The number of nitrogen functional groups attached to an aromatic ring is 1. The Morgan fingerprint density at radius 1 is 1.28 bits per heavy atom. The standard InChI is InChI=1S/C12H18N6/c1-9-10(17-7-2-5-14-6-8-17)3-4-11-15-12(13)16-18(9)11/h3-4,14H,2,5-8H2,1H3,(H2,13,16). The predicted molar refractivity (Wildman–Crippen MR) is 71.8 cm³/mol. The Morgan fingerprint density at radius 2 is 2.17 bits per heavy atom. The summed E-state index contributed by atoms with van der Waals surface area (Å²) in [5.74, 6) is 0.327. The van der Waals surface area contributed by atoms with Crippen molar-refractivity contribution in [1.29, 1.82) is 0 Å². The molecule has 3 heterocycles. The van der Waals surface area contributed by atoms with Crippen LogP contribution in [0.4, 0.5) is 11.6 Å².